The number of furan rings is 1. The van der Waals surface area contributed by atoms with Crippen LogP contribution in [0.25, 0.3) is 0 Å². The molecule has 1 aromatic heterocycles. The van der Waals surface area contributed by atoms with Crippen LogP contribution in [0.5, 0.6) is 0 Å². The van der Waals surface area contributed by atoms with Crippen molar-refractivity contribution < 1.29 is 9.25 Å². The monoisotopic (exact) mass is 335 g/mol. The Hall–Kier alpha value is -1.46. The average Bonchev–Trinajstić information content (AvgIpc) is 3.15. The standard InChI is InChI=1S/C19H33N3O2/c1-4-6-11-21(12-7-5-2)13-8-14-22-17(15-19(20)24-22)18-10-9-16(3)23-18/h9-10,15,17H,4-8,11-14,20H2,1-3H3. The minimum absolute atomic E-state index is 0.0153. The van der Waals surface area contributed by atoms with Crippen LogP contribution in [0.4, 0.5) is 0 Å². The lowest BCUT2D eigenvalue weighted by molar-refractivity contribution is -0.124. The topological polar surface area (TPSA) is 54.9 Å². The highest BCUT2D eigenvalue weighted by atomic mass is 16.7. The fourth-order valence-electron chi connectivity index (χ4n) is 3.03. The number of unbranched alkanes of at least 4 members (excludes halogenated alkanes) is 2. The molecule has 1 aliphatic heterocycles. The summed E-state index contributed by atoms with van der Waals surface area (Å²) in [5.41, 5.74) is 5.87. The molecule has 5 heteroatoms. The van der Waals surface area contributed by atoms with Gasteiger partial charge in [-0.25, -0.2) is 0 Å². The van der Waals surface area contributed by atoms with Crippen LogP contribution in [0.2, 0.25) is 0 Å². The fraction of sp³-hybridized carbons (Fsp3) is 0.684. The smallest absolute Gasteiger partial charge is 0.207 e. The van der Waals surface area contributed by atoms with Crippen molar-refractivity contribution in [2.75, 3.05) is 26.2 Å². The van der Waals surface area contributed by atoms with Gasteiger partial charge in [0.2, 0.25) is 5.88 Å². The van der Waals surface area contributed by atoms with E-state index < -0.39 is 0 Å². The van der Waals surface area contributed by atoms with E-state index in [2.05, 4.69) is 18.7 Å². The average molecular weight is 335 g/mol. The van der Waals surface area contributed by atoms with Gasteiger partial charge in [-0.1, -0.05) is 26.7 Å². The molecule has 0 saturated heterocycles. The number of nitrogens with two attached hydrogens (primary N) is 1. The van der Waals surface area contributed by atoms with Gasteiger partial charge >= 0.3 is 0 Å². The molecule has 0 bridgehead atoms. The summed E-state index contributed by atoms with van der Waals surface area (Å²) in [7, 11) is 0. The third kappa shape index (κ3) is 5.56. The molecular weight excluding hydrogens is 302 g/mol. The van der Waals surface area contributed by atoms with Crippen LogP contribution in [-0.2, 0) is 4.84 Å². The van der Waals surface area contributed by atoms with Crippen molar-refractivity contribution in [3.05, 3.63) is 35.6 Å². The summed E-state index contributed by atoms with van der Waals surface area (Å²) >= 11 is 0. The largest absolute Gasteiger partial charge is 0.464 e. The molecule has 1 unspecified atom stereocenters. The second-order valence-electron chi connectivity index (χ2n) is 6.60. The Bertz CT molecular complexity index is 504. The molecule has 0 spiro atoms. The van der Waals surface area contributed by atoms with Crippen LogP contribution in [0.15, 0.2) is 28.5 Å². The van der Waals surface area contributed by atoms with Gasteiger partial charge < -0.3 is 19.9 Å². The molecular formula is C19H33N3O2. The number of hydroxylamine groups is 2. The summed E-state index contributed by atoms with van der Waals surface area (Å²) in [6.07, 6.45) is 8.02. The fourth-order valence-corrected chi connectivity index (χ4v) is 3.03. The van der Waals surface area contributed by atoms with Crippen molar-refractivity contribution in [2.24, 2.45) is 5.73 Å². The molecule has 1 aliphatic rings. The summed E-state index contributed by atoms with van der Waals surface area (Å²) in [6, 6.07) is 3.96. The maximum absolute atomic E-state index is 5.87. The summed E-state index contributed by atoms with van der Waals surface area (Å²) in [6.45, 7) is 10.8. The van der Waals surface area contributed by atoms with Crippen molar-refractivity contribution >= 4 is 0 Å². The van der Waals surface area contributed by atoms with Crippen molar-refractivity contribution in [3.8, 4) is 0 Å². The van der Waals surface area contributed by atoms with Crippen LogP contribution in [0.3, 0.4) is 0 Å². The predicted molar refractivity (Wildman–Crippen MR) is 97.1 cm³/mol. The highest BCUT2D eigenvalue weighted by Gasteiger charge is 2.29. The molecule has 0 aliphatic carbocycles. The molecule has 1 aromatic rings. The minimum Gasteiger partial charge on any atom is -0.464 e. The number of aryl methyl sites for hydroxylation is 1. The molecule has 0 aromatic carbocycles. The Balaban J connectivity index is 1.83. The zero-order valence-corrected chi connectivity index (χ0v) is 15.5. The lowest BCUT2D eigenvalue weighted by atomic mass is 10.2. The molecule has 136 valence electrons. The normalized spacial score (nSPS) is 18.2. The van der Waals surface area contributed by atoms with Gasteiger partial charge in [-0.3, -0.25) is 0 Å². The van der Waals surface area contributed by atoms with E-state index in [9.17, 15) is 0 Å². The first-order valence-corrected chi connectivity index (χ1v) is 9.34. The van der Waals surface area contributed by atoms with E-state index >= 15 is 0 Å². The van der Waals surface area contributed by atoms with E-state index in [4.69, 9.17) is 15.0 Å². The summed E-state index contributed by atoms with van der Waals surface area (Å²) in [5, 5.41) is 1.94. The quantitative estimate of drug-likeness (QED) is 0.663. The Labute approximate surface area is 146 Å². The Morgan fingerprint density at radius 2 is 1.75 bits per heavy atom. The van der Waals surface area contributed by atoms with Gasteiger partial charge in [-0.2, -0.15) is 0 Å². The number of hydrogen-bond donors (Lipinski definition) is 1. The van der Waals surface area contributed by atoms with Crippen LogP contribution in [0, 0.1) is 6.92 Å². The second kappa shape index (κ2) is 9.74. The van der Waals surface area contributed by atoms with Gasteiger partial charge in [0.05, 0.1) is 0 Å². The van der Waals surface area contributed by atoms with Gasteiger partial charge in [-0.15, -0.1) is 5.06 Å². The van der Waals surface area contributed by atoms with Gasteiger partial charge in [-0.05, 0) is 58.0 Å². The zero-order valence-electron chi connectivity index (χ0n) is 15.5. The third-order valence-corrected chi connectivity index (χ3v) is 4.42. The zero-order chi connectivity index (χ0) is 17.4. The Kier molecular flexibility index (Phi) is 7.66. The van der Waals surface area contributed by atoms with Crippen molar-refractivity contribution in [1.29, 1.82) is 0 Å². The van der Waals surface area contributed by atoms with E-state index in [1.165, 1.54) is 38.8 Å². The van der Waals surface area contributed by atoms with Gasteiger partial charge in [0.25, 0.3) is 0 Å². The molecule has 2 rings (SSSR count). The molecule has 5 nitrogen and oxygen atoms in total. The van der Waals surface area contributed by atoms with Gasteiger partial charge in [0.15, 0.2) is 0 Å². The van der Waals surface area contributed by atoms with E-state index in [1.54, 1.807) is 0 Å². The molecule has 2 N–H and O–H groups in total. The molecule has 0 saturated carbocycles. The highest BCUT2D eigenvalue weighted by molar-refractivity contribution is 5.17. The van der Waals surface area contributed by atoms with Gasteiger partial charge in [0.1, 0.15) is 17.6 Å². The van der Waals surface area contributed by atoms with Crippen LogP contribution >= 0.6 is 0 Å². The van der Waals surface area contributed by atoms with Crippen molar-refractivity contribution in [3.63, 3.8) is 0 Å². The van der Waals surface area contributed by atoms with Crippen molar-refractivity contribution in [2.45, 2.75) is 58.9 Å². The Morgan fingerprint density at radius 1 is 1.08 bits per heavy atom. The van der Waals surface area contributed by atoms with Crippen molar-refractivity contribution in [1.82, 2.24) is 9.96 Å². The van der Waals surface area contributed by atoms with E-state index in [-0.39, 0.29) is 6.04 Å². The van der Waals surface area contributed by atoms with E-state index in [0.29, 0.717) is 5.88 Å². The number of nitrogens with zero attached hydrogens (tertiary/aromatic N) is 2. The van der Waals surface area contributed by atoms with Crippen LogP contribution in [0.1, 0.15) is 63.5 Å². The first kappa shape index (κ1) is 18.9. The highest BCUT2D eigenvalue weighted by Crippen LogP contribution is 2.30. The van der Waals surface area contributed by atoms with Gasteiger partial charge in [0, 0.05) is 12.6 Å². The first-order valence-electron chi connectivity index (χ1n) is 9.34. The van der Waals surface area contributed by atoms with Crippen LogP contribution < -0.4 is 5.73 Å². The third-order valence-electron chi connectivity index (χ3n) is 4.42. The lowest BCUT2D eigenvalue weighted by Gasteiger charge is -2.25. The number of rotatable bonds is 11. The summed E-state index contributed by atoms with van der Waals surface area (Å²) in [4.78, 5) is 8.25. The summed E-state index contributed by atoms with van der Waals surface area (Å²) < 4.78 is 5.75. The molecule has 0 fully saturated rings. The molecule has 0 radical (unpaired) electrons. The molecule has 1 atom stereocenters. The molecule has 24 heavy (non-hydrogen) atoms. The predicted octanol–water partition coefficient (Wildman–Crippen LogP) is 3.97. The minimum atomic E-state index is -0.0153. The maximum atomic E-state index is 5.87. The SMILES string of the molecule is CCCCN(CCCC)CCCN1OC(N)=CC1c1ccc(C)o1. The second-order valence-corrected chi connectivity index (χ2v) is 6.60. The number of hydrogen-bond acceptors (Lipinski definition) is 5. The maximum Gasteiger partial charge on any atom is 0.207 e. The lowest BCUT2D eigenvalue weighted by Crippen LogP contribution is -2.31. The van der Waals surface area contributed by atoms with E-state index in [0.717, 1.165) is 31.0 Å². The summed E-state index contributed by atoms with van der Waals surface area (Å²) in [5.74, 6) is 2.26. The first-order chi connectivity index (χ1) is 11.6. The van der Waals surface area contributed by atoms with Crippen LogP contribution in [-0.4, -0.2) is 36.1 Å². The molecule has 0 amide bonds. The molecule has 2 heterocycles. The van der Waals surface area contributed by atoms with E-state index in [1.807, 2.05) is 30.2 Å². The Morgan fingerprint density at radius 3 is 2.33 bits per heavy atom.